The third-order valence-electron chi connectivity index (χ3n) is 3.83. The zero-order valence-corrected chi connectivity index (χ0v) is 14.5. The van der Waals surface area contributed by atoms with Crippen LogP contribution in [0.5, 0.6) is 0 Å². The lowest BCUT2D eigenvalue weighted by Crippen LogP contribution is -2.17. The van der Waals surface area contributed by atoms with Gasteiger partial charge < -0.3 is 10.2 Å². The molecule has 0 saturated carbocycles. The van der Waals surface area contributed by atoms with Gasteiger partial charge in [-0.1, -0.05) is 47.1 Å². The van der Waals surface area contributed by atoms with Gasteiger partial charge >= 0.3 is 0 Å². The molecule has 0 aliphatic carbocycles. The number of nitrogens with one attached hydrogen (secondary N) is 1. The minimum Gasteiger partial charge on any atom is -0.370 e. The van der Waals surface area contributed by atoms with Crippen LogP contribution < -0.4 is 10.2 Å². The van der Waals surface area contributed by atoms with Crippen LogP contribution in [0.25, 0.3) is 0 Å². The second kappa shape index (κ2) is 7.62. The Balaban J connectivity index is 2.05. The quantitative estimate of drug-likeness (QED) is 0.811. The molecule has 2 aromatic rings. The lowest BCUT2D eigenvalue weighted by molar-refractivity contribution is 0.577. The molecule has 1 N–H and O–H groups in total. The van der Waals surface area contributed by atoms with Crippen molar-refractivity contribution >= 4 is 21.6 Å². The van der Waals surface area contributed by atoms with E-state index >= 15 is 0 Å². The Morgan fingerprint density at radius 3 is 2.19 bits per heavy atom. The molecule has 1 unspecified atom stereocenters. The molecule has 0 radical (unpaired) electrons. The summed E-state index contributed by atoms with van der Waals surface area (Å²) in [6.07, 6.45) is 1.10. The van der Waals surface area contributed by atoms with E-state index in [0.717, 1.165) is 17.4 Å². The fraction of sp³-hybridized carbons (Fsp3) is 0.333. The molecule has 0 spiro atoms. The van der Waals surface area contributed by atoms with Crippen LogP contribution in [-0.4, -0.2) is 14.1 Å². The first-order valence-electron chi connectivity index (χ1n) is 7.37. The van der Waals surface area contributed by atoms with Gasteiger partial charge in [-0.15, -0.1) is 0 Å². The van der Waals surface area contributed by atoms with Gasteiger partial charge in [0.05, 0.1) is 0 Å². The Bertz CT molecular complexity index is 544. The van der Waals surface area contributed by atoms with E-state index in [0.29, 0.717) is 6.04 Å². The average Bonchev–Trinajstić information content (AvgIpc) is 2.51. The van der Waals surface area contributed by atoms with Gasteiger partial charge in [-0.05, 0) is 48.9 Å². The lowest BCUT2D eigenvalue weighted by atomic mass is 10.0. The van der Waals surface area contributed by atoms with Gasteiger partial charge in [0.15, 0.2) is 0 Å². The maximum Gasteiger partial charge on any atom is 0.0426 e. The summed E-state index contributed by atoms with van der Waals surface area (Å²) in [5.74, 6) is 0. The molecule has 0 amide bonds. The fourth-order valence-corrected chi connectivity index (χ4v) is 2.79. The van der Waals surface area contributed by atoms with Crippen LogP contribution >= 0.6 is 15.9 Å². The number of halogens is 1. The summed E-state index contributed by atoms with van der Waals surface area (Å²) in [6.45, 7) is 3.12. The van der Waals surface area contributed by atoms with Crippen molar-refractivity contribution in [1.29, 1.82) is 0 Å². The molecule has 0 aliphatic heterocycles. The van der Waals surface area contributed by atoms with E-state index in [1.165, 1.54) is 16.8 Å². The molecule has 21 heavy (non-hydrogen) atoms. The molecular weight excluding hydrogens is 324 g/mol. The van der Waals surface area contributed by atoms with Crippen LogP contribution in [0.15, 0.2) is 53.0 Å². The molecule has 112 valence electrons. The zero-order chi connectivity index (χ0) is 15.2. The minimum atomic E-state index is 0.441. The first kappa shape index (κ1) is 16.1. The Labute approximate surface area is 136 Å². The van der Waals surface area contributed by atoms with E-state index in [1.54, 1.807) is 0 Å². The third-order valence-corrected chi connectivity index (χ3v) is 4.35. The van der Waals surface area contributed by atoms with Gasteiger partial charge in [0.1, 0.15) is 0 Å². The van der Waals surface area contributed by atoms with E-state index in [9.17, 15) is 0 Å². The molecule has 2 rings (SSSR count). The highest BCUT2D eigenvalue weighted by Gasteiger charge is 2.07. The van der Waals surface area contributed by atoms with E-state index in [4.69, 9.17) is 0 Å². The molecule has 0 saturated heterocycles. The predicted octanol–water partition coefficient (Wildman–Crippen LogP) is 4.76. The van der Waals surface area contributed by atoms with Gasteiger partial charge in [0, 0.05) is 29.8 Å². The molecule has 0 aromatic heterocycles. The van der Waals surface area contributed by atoms with Gasteiger partial charge in [0.2, 0.25) is 0 Å². The second-order valence-corrected chi connectivity index (χ2v) is 6.24. The monoisotopic (exact) mass is 346 g/mol. The first-order valence-corrected chi connectivity index (χ1v) is 8.16. The summed E-state index contributed by atoms with van der Waals surface area (Å²) in [5.41, 5.74) is 3.90. The normalized spacial score (nSPS) is 12.2. The van der Waals surface area contributed by atoms with Crippen LogP contribution in [0.1, 0.15) is 30.5 Å². The molecule has 0 aliphatic rings. The average molecular weight is 347 g/mol. The number of hydrogen-bond acceptors (Lipinski definition) is 2. The Hall–Kier alpha value is -1.32. The van der Waals surface area contributed by atoms with E-state index < -0.39 is 0 Å². The summed E-state index contributed by atoms with van der Waals surface area (Å²) in [6, 6.07) is 17.8. The van der Waals surface area contributed by atoms with Crippen LogP contribution in [0.3, 0.4) is 0 Å². The zero-order valence-electron chi connectivity index (χ0n) is 12.9. The van der Waals surface area contributed by atoms with Crippen molar-refractivity contribution in [1.82, 2.24) is 5.32 Å². The maximum absolute atomic E-state index is 3.47. The van der Waals surface area contributed by atoms with Crippen molar-refractivity contribution in [3.63, 3.8) is 0 Å². The highest BCUT2D eigenvalue weighted by atomic mass is 79.9. The molecule has 2 nitrogen and oxygen atoms in total. The summed E-state index contributed by atoms with van der Waals surface area (Å²) in [5, 5.41) is 3.34. The van der Waals surface area contributed by atoms with Crippen molar-refractivity contribution in [2.45, 2.75) is 25.9 Å². The summed E-state index contributed by atoms with van der Waals surface area (Å²) in [4.78, 5) is 2.27. The van der Waals surface area contributed by atoms with E-state index in [-0.39, 0.29) is 0 Å². The van der Waals surface area contributed by atoms with Crippen molar-refractivity contribution in [2.75, 3.05) is 19.0 Å². The molecule has 0 bridgehead atoms. The number of hydrogen-bond donors (Lipinski definition) is 1. The summed E-state index contributed by atoms with van der Waals surface area (Å²) < 4.78 is 1.12. The topological polar surface area (TPSA) is 15.3 Å². The molecule has 2 aromatic carbocycles. The Kier molecular flexibility index (Phi) is 5.83. The van der Waals surface area contributed by atoms with Gasteiger partial charge in [-0.3, -0.25) is 0 Å². The number of rotatable bonds is 6. The summed E-state index contributed by atoms with van der Waals surface area (Å²) in [7, 11) is 4.15. The highest BCUT2D eigenvalue weighted by Crippen LogP contribution is 2.22. The number of anilines is 1. The maximum atomic E-state index is 3.47. The van der Waals surface area contributed by atoms with Gasteiger partial charge in [-0.2, -0.15) is 0 Å². The fourth-order valence-electron chi connectivity index (χ4n) is 2.52. The standard InChI is InChI=1S/C18H23BrN2/c1-4-18(20-2)15-7-11-17(12-8-15)21(3)13-14-5-9-16(19)10-6-14/h5-12,18,20H,4,13H2,1-3H3. The van der Waals surface area contributed by atoms with Gasteiger partial charge in [-0.25, -0.2) is 0 Å². The lowest BCUT2D eigenvalue weighted by Gasteiger charge is -2.21. The predicted molar refractivity (Wildman–Crippen MR) is 94.8 cm³/mol. The van der Waals surface area contributed by atoms with Crippen molar-refractivity contribution < 1.29 is 0 Å². The van der Waals surface area contributed by atoms with Crippen molar-refractivity contribution in [3.8, 4) is 0 Å². The molecule has 3 heteroatoms. The second-order valence-electron chi connectivity index (χ2n) is 5.32. The summed E-state index contributed by atoms with van der Waals surface area (Å²) >= 11 is 3.47. The molecule has 0 fully saturated rings. The third kappa shape index (κ3) is 4.32. The van der Waals surface area contributed by atoms with Crippen LogP contribution in [-0.2, 0) is 6.54 Å². The van der Waals surface area contributed by atoms with Crippen molar-refractivity contribution in [3.05, 3.63) is 64.1 Å². The molecule has 0 heterocycles. The van der Waals surface area contributed by atoms with Crippen LogP contribution in [0.4, 0.5) is 5.69 Å². The SMILES string of the molecule is CCC(NC)c1ccc(N(C)Cc2ccc(Br)cc2)cc1. The minimum absolute atomic E-state index is 0.441. The molecule has 1 atom stereocenters. The van der Waals surface area contributed by atoms with E-state index in [2.05, 4.69) is 88.6 Å². The molecular formula is C18H23BrN2. The smallest absolute Gasteiger partial charge is 0.0426 e. The van der Waals surface area contributed by atoms with E-state index in [1.807, 2.05) is 7.05 Å². The van der Waals surface area contributed by atoms with Crippen molar-refractivity contribution in [2.24, 2.45) is 0 Å². The van der Waals surface area contributed by atoms with Crippen LogP contribution in [0, 0.1) is 0 Å². The van der Waals surface area contributed by atoms with Crippen LogP contribution in [0.2, 0.25) is 0 Å². The Morgan fingerprint density at radius 2 is 1.67 bits per heavy atom. The number of benzene rings is 2. The Morgan fingerprint density at radius 1 is 1.05 bits per heavy atom. The first-order chi connectivity index (χ1) is 10.1. The largest absolute Gasteiger partial charge is 0.370 e. The highest BCUT2D eigenvalue weighted by molar-refractivity contribution is 9.10. The van der Waals surface area contributed by atoms with Gasteiger partial charge in [0.25, 0.3) is 0 Å². The number of nitrogens with zero attached hydrogens (tertiary/aromatic N) is 1.